The highest BCUT2D eigenvalue weighted by Crippen LogP contribution is 2.32. The van der Waals surface area contributed by atoms with Crippen LogP contribution >= 0.6 is 11.6 Å². The molecule has 0 saturated carbocycles. The number of aromatic nitrogens is 2. The molecule has 0 spiro atoms. The van der Waals surface area contributed by atoms with E-state index in [1.54, 1.807) is 7.11 Å². The zero-order chi connectivity index (χ0) is 21.2. The van der Waals surface area contributed by atoms with Crippen LogP contribution < -0.4 is 14.5 Å². The van der Waals surface area contributed by atoms with E-state index in [-0.39, 0.29) is 0 Å². The SMILES string of the molecule is COc1ccc(-c2nc3ccccc3nc2N2CCN(c3ccc(Cl)cc3)CC2)cc1. The van der Waals surface area contributed by atoms with E-state index in [0.717, 1.165) is 65.1 Å². The molecule has 0 N–H and O–H groups in total. The number of nitrogens with zero attached hydrogens (tertiary/aromatic N) is 4. The van der Waals surface area contributed by atoms with Crippen LogP contribution in [0, 0.1) is 0 Å². The van der Waals surface area contributed by atoms with E-state index in [1.165, 1.54) is 5.69 Å². The third kappa shape index (κ3) is 4.01. The quantitative estimate of drug-likeness (QED) is 0.440. The van der Waals surface area contributed by atoms with Crippen molar-refractivity contribution < 1.29 is 4.74 Å². The molecule has 31 heavy (non-hydrogen) atoms. The van der Waals surface area contributed by atoms with Crippen molar-refractivity contribution in [3.05, 3.63) is 77.8 Å². The minimum Gasteiger partial charge on any atom is -0.497 e. The van der Waals surface area contributed by atoms with Crippen molar-refractivity contribution in [1.82, 2.24) is 9.97 Å². The fourth-order valence-corrected chi connectivity index (χ4v) is 4.11. The highest BCUT2D eigenvalue weighted by atomic mass is 35.5. The summed E-state index contributed by atoms with van der Waals surface area (Å²) in [7, 11) is 1.68. The maximum atomic E-state index is 6.05. The normalized spacial score (nSPS) is 14.1. The number of halogens is 1. The first-order chi connectivity index (χ1) is 15.2. The van der Waals surface area contributed by atoms with Crippen molar-refractivity contribution in [3.8, 4) is 17.0 Å². The first-order valence-electron chi connectivity index (χ1n) is 10.4. The summed E-state index contributed by atoms with van der Waals surface area (Å²) < 4.78 is 5.32. The number of hydrogen-bond acceptors (Lipinski definition) is 5. The summed E-state index contributed by atoms with van der Waals surface area (Å²) in [5.41, 5.74) is 4.95. The summed E-state index contributed by atoms with van der Waals surface area (Å²) in [5.74, 6) is 1.76. The van der Waals surface area contributed by atoms with E-state index in [4.69, 9.17) is 26.3 Å². The first-order valence-corrected chi connectivity index (χ1v) is 10.8. The van der Waals surface area contributed by atoms with Crippen LogP contribution in [0.25, 0.3) is 22.3 Å². The molecule has 3 aromatic carbocycles. The predicted molar refractivity (Wildman–Crippen MR) is 127 cm³/mol. The summed E-state index contributed by atoms with van der Waals surface area (Å²) >= 11 is 6.05. The molecular formula is C25H23ClN4O. The standard InChI is InChI=1S/C25H23ClN4O/c1-31-21-12-6-18(7-13-21)24-25(28-23-5-3-2-4-22(23)27-24)30-16-14-29(15-17-30)20-10-8-19(26)9-11-20/h2-13H,14-17H2,1H3. The molecule has 0 atom stereocenters. The Morgan fingerprint density at radius 3 is 2.00 bits per heavy atom. The number of hydrogen-bond donors (Lipinski definition) is 0. The van der Waals surface area contributed by atoms with Crippen LogP contribution in [0.1, 0.15) is 0 Å². The van der Waals surface area contributed by atoms with Gasteiger partial charge in [-0.1, -0.05) is 23.7 Å². The number of methoxy groups -OCH3 is 1. The largest absolute Gasteiger partial charge is 0.497 e. The van der Waals surface area contributed by atoms with Crippen LogP contribution in [0.15, 0.2) is 72.8 Å². The highest BCUT2D eigenvalue weighted by molar-refractivity contribution is 6.30. The molecule has 6 heteroatoms. The molecule has 4 aromatic rings. The Balaban J connectivity index is 1.47. The Bertz CT molecular complexity index is 1190. The lowest BCUT2D eigenvalue weighted by atomic mass is 10.1. The molecule has 1 aromatic heterocycles. The van der Waals surface area contributed by atoms with Crippen molar-refractivity contribution in [2.75, 3.05) is 43.1 Å². The Hall–Kier alpha value is -3.31. The van der Waals surface area contributed by atoms with Gasteiger partial charge in [0, 0.05) is 42.5 Å². The van der Waals surface area contributed by atoms with Gasteiger partial charge in [0.05, 0.1) is 18.1 Å². The van der Waals surface area contributed by atoms with Crippen LogP contribution in [0.2, 0.25) is 5.02 Å². The summed E-state index contributed by atoms with van der Waals surface area (Å²) in [6, 6.07) is 24.1. The topological polar surface area (TPSA) is 41.5 Å². The van der Waals surface area contributed by atoms with Crippen molar-refractivity contribution in [2.45, 2.75) is 0 Å². The fraction of sp³-hybridized carbons (Fsp3) is 0.200. The Kier molecular flexibility index (Phi) is 5.35. The predicted octanol–water partition coefficient (Wildman–Crippen LogP) is 5.29. The molecular weight excluding hydrogens is 408 g/mol. The fourth-order valence-electron chi connectivity index (χ4n) is 3.98. The third-order valence-corrected chi connectivity index (χ3v) is 5.94. The maximum Gasteiger partial charge on any atom is 0.156 e. The number of benzene rings is 3. The Labute approximate surface area is 186 Å². The van der Waals surface area contributed by atoms with Crippen molar-refractivity contribution in [3.63, 3.8) is 0 Å². The molecule has 5 nitrogen and oxygen atoms in total. The van der Waals surface area contributed by atoms with Gasteiger partial charge in [-0.15, -0.1) is 0 Å². The van der Waals surface area contributed by atoms with Crippen molar-refractivity contribution >= 4 is 34.1 Å². The molecule has 0 amide bonds. The molecule has 1 aliphatic heterocycles. The molecule has 5 rings (SSSR count). The van der Waals surface area contributed by atoms with Gasteiger partial charge in [0.15, 0.2) is 5.82 Å². The molecule has 0 aliphatic carbocycles. The second kappa shape index (κ2) is 8.44. The van der Waals surface area contributed by atoms with Gasteiger partial charge in [0.1, 0.15) is 11.4 Å². The molecule has 1 saturated heterocycles. The summed E-state index contributed by atoms with van der Waals surface area (Å²) in [6.07, 6.45) is 0. The Morgan fingerprint density at radius 2 is 1.35 bits per heavy atom. The van der Waals surface area contributed by atoms with Crippen LogP contribution in [-0.4, -0.2) is 43.3 Å². The molecule has 0 radical (unpaired) electrons. The van der Waals surface area contributed by atoms with Gasteiger partial charge in [0.2, 0.25) is 0 Å². The van der Waals surface area contributed by atoms with Gasteiger partial charge >= 0.3 is 0 Å². The number of rotatable bonds is 4. The van der Waals surface area contributed by atoms with Crippen molar-refractivity contribution in [2.24, 2.45) is 0 Å². The molecule has 0 bridgehead atoms. The second-order valence-electron chi connectivity index (χ2n) is 7.56. The molecule has 156 valence electrons. The van der Waals surface area contributed by atoms with E-state index in [9.17, 15) is 0 Å². The number of para-hydroxylation sites is 2. The van der Waals surface area contributed by atoms with Crippen molar-refractivity contribution in [1.29, 1.82) is 0 Å². The smallest absolute Gasteiger partial charge is 0.156 e. The van der Waals surface area contributed by atoms with Gasteiger partial charge in [-0.2, -0.15) is 0 Å². The summed E-state index contributed by atoms with van der Waals surface area (Å²) in [6.45, 7) is 3.58. The van der Waals surface area contributed by atoms with Crippen LogP contribution in [0.5, 0.6) is 5.75 Å². The van der Waals surface area contributed by atoms with E-state index in [1.807, 2.05) is 60.7 Å². The summed E-state index contributed by atoms with van der Waals surface area (Å²) in [5, 5.41) is 0.762. The Morgan fingerprint density at radius 1 is 0.742 bits per heavy atom. The highest BCUT2D eigenvalue weighted by Gasteiger charge is 2.23. The molecule has 0 unspecified atom stereocenters. The van der Waals surface area contributed by atoms with E-state index >= 15 is 0 Å². The number of fused-ring (bicyclic) bond motifs is 1. The lowest BCUT2D eigenvalue weighted by molar-refractivity contribution is 0.415. The number of ether oxygens (including phenoxy) is 1. The van der Waals surface area contributed by atoms with E-state index in [2.05, 4.69) is 21.9 Å². The van der Waals surface area contributed by atoms with Gasteiger partial charge in [-0.25, -0.2) is 9.97 Å². The lowest BCUT2D eigenvalue weighted by Crippen LogP contribution is -2.47. The average molecular weight is 431 g/mol. The minimum atomic E-state index is 0.762. The zero-order valence-electron chi connectivity index (χ0n) is 17.3. The molecule has 2 heterocycles. The van der Waals surface area contributed by atoms with Gasteiger partial charge in [0.25, 0.3) is 0 Å². The van der Waals surface area contributed by atoms with Crippen LogP contribution in [0.4, 0.5) is 11.5 Å². The van der Waals surface area contributed by atoms with E-state index < -0.39 is 0 Å². The maximum absolute atomic E-state index is 6.05. The average Bonchev–Trinajstić information content (AvgIpc) is 2.84. The van der Waals surface area contributed by atoms with E-state index in [0.29, 0.717) is 0 Å². The molecule has 1 fully saturated rings. The second-order valence-corrected chi connectivity index (χ2v) is 8.00. The third-order valence-electron chi connectivity index (χ3n) is 5.69. The van der Waals surface area contributed by atoms with Crippen LogP contribution in [0.3, 0.4) is 0 Å². The number of anilines is 2. The minimum absolute atomic E-state index is 0.762. The summed E-state index contributed by atoms with van der Waals surface area (Å²) in [4.78, 5) is 14.7. The molecule has 1 aliphatic rings. The van der Waals surface area contributed by atoms with Crippen LogP contribution in [-0.2, 0) is 0 Å². The number of piperazine rings is 1. The van der Waals surface area contributed by atoms with Gasteiger partial charge < -0.3 is 14.5 Å². The van der Waals surface area contributed by atoms with Gasteiger partial charge in [-0.3, -0.25) is 0 Å². The monoisotopic (exact) mass is 430 g/mol. The lowest BCUT2D eigenvalue weighted by Gasteiger charge is -2.37. The van der Waals surface area contributed by atoms with Gasteiger partial charge in [-0.05, 0) is 60.7 Å². The first kappa shape index (κ1) is 19.6. The zero-order valence-corrected chi connectivity index (χ0v) is 18.1.